The number of halogens is 6. The topological polar surface area (TPSA) is 46.5 Å². The van der Waals surface area contributed by atoms with E-state index in [1.165, 1.54) is 11.3 Å². The van der Waals surface area contributed by atoms with Crippen molar-refractivity contribution in [2.24, 2.45) is 5.10 Å². The summed E-state index contributed by atoms with van der Waals surface area (Å²) in [5.41, 5.74) is 0.360. The molecule has 1 aromatic heterocycles. The van der Waals surface area contributed by atoms with Crippen molar-refractivity contribution < 1.29 is 31.1 Å². The molecule has 0 saturated heterocycles. The number of nitrogens with one attached hydrogen (secondary N) is 1. The van der Waals surface area contributed by atoms with Crippen molar-refractivity contribution in [1.82, 2.24) is 4.98 Å². The van der Waals surface area contributed by atoms with Crippen molar-refractivity contribution in [3.63, 3.8) is 0 Å². The molecule has 11 heteroatoms. The molecule has 0 aliphatic rings. The number of hydrazone groups is 1. The molecule has 0 radical (unpaired) electrons. The Labute approximate surface area is 170 Å². The largest absolute Gasteiger partial charge is 0.496 e. The molecule has 0 amide bonds. The highest BCUT2D eigenvalue weighted by Crippen LogP contribution is 2.40. The number of nitrogens with zero attached hydrogens (tertiary/aromatic N) is 2. The summed E-state index contributed by atoms with van der Waals surface area (Å²) in [6.45, 7) is 0. The standard InChI is InChI=1S/C19H13F6N3OS/c1-29-16-8-12(18(20,21)22)7-14(19(23,24)25)13(16)9-26-28-17-27-15(10-30-17)11-5-3-2-4-6-11/h2-10H,1H3,(H,27,28). The van der Waals surface area contributed by atoms with Crippen molar-refractivity contribution in [2.75, 3.05) is 12.5 Å². The normalized spacial score (nSPS) is 12.4. The second-order valence-electron chi connectivity index (χ2n) is 5.91. The predicted molar refractivity (Wildman–Crippen MR) is 102 cm³/mol. The van der Waals surface area contributed by atoms with Crippen LogP contribution in [-0.4, -0.2) is 18.3 Å². The summed E-state index contributed by atoms with van der Waals surface area (Å²) in [7, 11) is 0.980. The van der Waals surface area contributed by atoms with Crippen LogP contribution >= 0.6 is 11.3 Å². The van der Waals surface area contributed by atoms with Crippen molar-refractivity contribution in [1.29, 1.82) is 0 Å². The lowest BCUT2D eigenvalue weighted by molar-refractivity contribution is -0.143. The fraction of sp³-hybridized carbons (Fsp3) is 0.158. The minimum absolute atomic E-state index is 0.0285. The lowest BCUT2D eigenvalue weighted by atomic mass is 10.0. The SMILES string of the molecule is COc1cc(C(F)(F)F)cc(C(F)(F)F)c1C=NNc1nc(-c2ccccc2)cs1. The highest BCUT2D eigenvalue weighted by Gasteiger charge is 2.39. The summed E-state index contributed by atoms with van der Waals surface area (Å²) in [5, 5.41) is 5.73. The summed E-state index contributed by atoms with van der Waals surface area (Å²) in [6, 6.07) is 9.70. The lowest BCUT2D eigenvalue weighted by Crippen LogP contribution is -2.15. The minimum Gasteiger partial charge on any atom is -0.496 e. The molecule has 0 aliphatic carbocycles. The van der Waals surface area contributed by atoms with E-state index in [1.54, 1.807) is 5.38 Å². The molecule has 3 aromatic rings. The molecule has 0 spiro atoms. The molecule has 2 aromatic carbocycles. The summed E-state index contributed by atoms with van der Waals surface area (Å²) in [6.07, 6.45) is -9.25. The number of ether oxygens (including phenoxy) is 1. The van der Waals surface area contributed by atoms with E-state index in [4.69, 9.17) is 4.74 Å². The van der Waals surface area contributed by atoms with E-state index >= 15 is 0 Å². The Morgan fingerprint density at radius 1 is 1.03 bits per heavy atom. The third-order valence-corrected chi connectivity index (χ3v) is 4.67. The molecule has 0 aliphatic heterocycles. The summed E-state index contributed by atoms with van der Waals surface area (Å²) in [5.74, 6) is -0.605. The quantitative estimate of drug-likeness (QED) is 0.285. The summed E-state index contributed by atoms with van der Waals surface area (Å²) < 4.78 is 83.7. The smallest absolute Gasteiger partial charge is 0.417 e. The van der Waals surface area contributed by atoms with Crippen LogP contribution in [0.2, 0.25) is 0 Å². The highest BCUT2D eigenvalue weighted by molar-refractivity contribution is 7.14. The van der Waals surface area contributed by atoms with Gasteiger partial charge in [0, 0.05) is 16.5 Å². The third kappa shape index (κ3) is 4.90. The van der Waals surface area contributed by atoms with E-state index in [2.05, 4.69) is 15.5 Å². The Balaban J connectivity index is 1.90. The monoisotopic (exact) mass is 445 g/mol. The molecule has 1 N–H and O–H groups in total. The van der Waals surface area contributed by atoms with E-state index in [0.717, 1.165) is 18.9 Å². The van der Waals surface area contributed by atoms with E-state index in [0.29, 0.717) is 16.9 Å². The molecule has 0 fully saturated rings. The first-order valence-corrected chi connectivity index (χ1v) is 9.14. The van der Waals surface area contributed by atoms with E-state index in [-0.39, 0.29) is 6.07 Å². The molecular weight excluding hydrogens is 432 g/mol. The molecule has 0 saturated carbocycles. The van der Waals surface area contributed by atoms with Gasteiger partial charge in [0.05, 0.1) is 30.1 Å². The maximum Gasteiger partial charge on any atom is 0.417 e. The summed E-state index contributed by atoms with van der Waals surface area (Å²) in [4.78, 5) is 4.26. The number of methoxy groups -OCH3 is 1. The number of hydrogen-bond donors (Lipinski definition) is 1. The van der Waals surface area contributed by atoms with Gasteiger partial charge in [0.25, 0.3) is 0 Å². The molecule has 0 unspecified atom stereocenters. The van der Waals surface area contributed by atoms with Crippen molar-refractivity contribution in [3.05, 3.63) is 64.5 Å². The molecule has 158 valence electrons. The number of aromatic nitrogens is 1. The molecule has 0 bridgehead atoms. The maximum absolute atomic E-state index is 13.4. The Bertz CT molecular complexity index is 1040. The van der Waals surface area contributed by atoms with Crippen LogP contribution < -0.4 is 10.2 Å². The van der Waals surface area contributed by atoms with Gasteiger partial charge in [-0.25, -0.2) is 4.98 Å². The Morgan fingerprint density at radius 2 is 1.73 bits per heavy atom. The van der Waals surface area contributed by atoms with Gasteiger partial charge < -0.3 is 4.74 Å². The van der Waals surface area contributed by atoms with Gasteiger partial charge in [-0.05, 0) is 12.1 Å². The van der Waals surface area contributed by atoms with Crippen LogP contribution in [-0.2, 0) is 12.4 Å². The third-order valence-electron chi connectivity index (χ3n) is 3.92. The van der Waals surface area contributed by atoms with Crippen molar-refractivity contribution >= 4 is 22.7 Å². The molecule has 1 heterocycles. The van der Waals surface area contributed by atoms with Crippen LogP contribution in [0.3, 0.4) is 0 Å². The highest BCUT2D eigenvalue weighted by atomic mass is 32.1. The first-order valence-electron chi connectivity index (χ1n) is 8.26. The van der Waals surface area contributed by atoms with Gasteiger partial charge >= 0.3 is 12.4 Å². The fourth-order valence-electron chi connectivity index (χ4n) is 2.55. The zero-order valence-electron chi connectivity index (χ0n) is 15.2. The average molecular weight is 445 g/mol. The first-order chi connectivity index (χ1) is 14.1. The van der Waals surface area contributed by atoms with Gasteiger partial charge in [-0.2, -0.15) is 31.4 Å². The Kier molecular flexibility index (Phi) is 6.01. The second kappa shape index (κ2) is 8.34. The van der Waals surface area contributed by atoms with Crippen LogP contribution in [0.15, 0.2) is 52.9 Å². The number of benzene rings is 2. The number of thiazole rings is 1. The Hall–Kier alpha value is -3.08. The minimum atomic E-state index is -5.04. The van der Waals surface area contributed by atoms with Gasteiger partial charge in [-0.3, -0.25) is 5.43 Å². The number of hydrogen-bond acceptors (Lipinski definition) is 5. The average Bonchev–Trinajstić information content (AvgIpc) is 3.16. The summed E-state index contributed by atoms with van der Waals surface area (Å²) >= 11 is 1.17. The van der Waals surface area contributed by atoms with Crippen LogP contribution in [0.1, 0.15) is 16.7 Å². The zero-order chi connectivity index (χ0) is 21.9. The van der Waals surface area contributed by atoms with Gasteiger partial charge in [-0.1, -0.05) is 30.3 Å². The van der Waals surface area contributed by atoms with Gasteiger partial charge in [-0.15, -0.1) is 11.3 Å². The number of alkyl halides is 6. The van der Waals surface area contributed by atoms with Crippen LogP contribution in [0, 0.1) is 0 Å². The number of anilines is 1. The van der Waals surface area contributed by atoms with E-state index in [9.17, 15) is 26.3 Å². The van der Waals surface area contributed by atoms with Crippen LogP contribution in [0.4, 0.5) is 31.5 Å². The molecule has 0 atom stereocenters. The lowest BCUT2D eigenvalue weighted by Gasteiger charge is -2.17. The fourth-order valence-corrected chi connectivity index (χ4v) is 3.21. The van der Waals surface area contributed by atoms with Crippen LogP contribution in [0.5, 0.6) is 5.75 Å². The maximum atomic E-state index is 13.4. The zero-order valence-corrected chi connectivity index (χ0v) is 16.0. The number of rotatable bonds is 5. The second-order valence-corrected chi connectivity index (χ2v) is 6.77. The van der Waals surface area contributed by atoms with Crippen molar-refractivity contribution in [2.45, 2.75) is 12.4 Å². The molecular formula is C19H13F6N3OS. The van der Waals surface area contributed by atoms with Crippen molar-refractivity contribution in [3.8, 4) is 17.0 Å². The molecule has 30 heavy (non-hydrogen) atoms. The molecule has 3 rings (SSSR count). The van der Waals surface area contributed by atoms with Crippen LogP contribution in [0.25, 0.3) is 11.3 Å². The van der Waals surface area contributed by atoms with Gasteiger partial charge in [0.2, 0.25) is 5.13 Å². The van der Waals surface area contributed by atoms with E-state index in [1.807, 2.05) is 30.3 Å². The Morgan fingerprint density at radius 3 is 2.33 bits per heavy atom. The van der Waals surface area contributed by atoms with E-state index < -0.39 is 34.8 Å². The predicted octanol–water partition coefficient (Wildman–Crippen LogP) is 6.30. The van der Waals surface area contributed by atoms with Gasteiger partial charge in [0.15, 0.2) is 0 Å². The first kappa shape index (κ1) is 21.6. The van der Waals surface area contributed by atoms with Gasteiger partial charge in [0.1, 0.15) is 5.75 Å². The molecule has 4 nitrogen and oxygen atoms in total.